The Balaban J connectivity index is 1.74. The van der Waals surface area contributed by atoms with E-state index in [9.17, 15) is 0 Å². The van der Waals surface area contributed by atoms with Gasteiger partial charge in [-0.25, -0.2) is 0 Å². The molecule has 2 aliphatic carbocycles. The molecule has 1 heterocycles. The summed E-state index contributed by atoms with van der Waals surface area (Å²) in [5.41, 5.74) is 0. The van der Waals surface area contributed by atoms with Crippen LogP contribution in [-0.4, -0.2) is 19.5 Å². The topological polar surface area (TPSA) is 18.5 Å². The largest absolute Gasteiger partial charge is 0.355 e. The first-order chi connectivity index (χ1) is 6.95. The van der Waals surface area contributed by atoms with Crippen LogP contribution in [0.15, 0.2) is 0 Å². The van der Waals surface area contributed by atoms with Gasteiger partial charge in [0.05, 0.1) is 12.7 Å². The van der Waals surface area contributed by atoms with Crippen molar-refractivity contribution in [1.29, 1.82) is 0 Å². The van der Waals surface area contributed by atoms with Crippen LogP contribution < -0.4 is 0 Å². The van der Waals surface area contributed by atoms with Gasteiger partial charge >= 0.3 is 0 Å². The molecule has 3 aliphatic rings. The summed E-state index contributed by atoms with van der Waals surface area (Å²) < 4.78 is 11.2. The molecule has 4 unspecified atom stereocenters. The molecule has 1 aliphatic heterocycles. The minimum absolute atomic E-state index is 0.531. The monoisotopic (exact) mass is 196 g/mol. The van der Waals surface area contributed by atoms with Crippen molar-refractivity contribution in [3.8, 4) is 0 Å². The van der Waals surface area contributed by atoms with Crippen molar-refractivity contribution in [3.05, 3.63) is 0 Å². The third-order valence-corrected chi connectivity index (χ3v) is 4.49. The van der Waals surface area contributed by atoms with Crippen LogP contribution in [0.1, 0.15) is 38.5 Å². The fourth-order valence-electron chi connectivity index (χ4n) is 3.78. The number of rotatable bonds is 0. The Hall–Kier alpha value is -0.0800. The lowest BCUT2D eigenvalue weighted by atomic mass is 9.64. The first kappa shape index (κ1) is 9.17. The second-order valence-electron chi connectivity index (χ2n) is 5.14. The average Bonchev–Trinajstić information content (AvgIpc) is 2.29. The summed E-state index contributed by atoms with van der Waals surface area (Å²) in [5, 5.41) is 0. The van der Waals surface area contributed by atoms with Crippen LogP contribution in [0.25, 0.3) is 0 Å². The van der Waals surface area contributed by atoms with Gasteiger partial charge < -0.3 is 9.47 Å². The van der Waals surface area contributed by atoms with E-state index in [4.69, 9.17) is 9.47 Å². The summed E-state index contributed by atoms with van der Waals surface area (Å²) in [6.07, 6.45) is 9.01. The number of hydrogen-bond donors (Lipinski definition) is 0. The molecule has 80 valence electrons. The van der Waals surface area contributed by atoms with E-state index in [1.807, 2.05) is 0 Å². The minimum atomic E-state index is 0.531. The summed E-state index contributed by atoms with van der Waals surface area (Å²) in [6, 6.07) is 0. The SMILES string of the molecule is C1CCC2C(C1)CCC1OCOCC12. The molecular weight excluding hydrogens is 176 g/mol. The first-order valence-corrected chi connectivity index (χ1v) is 6.14. The maximum absolute atomic E-state index is 5.71. The molecule has 2 saturated carbocycles. The summed E-state index contributed by atoms with van der Waals surface area (Å²) >= 11 is 0. The van der Waals surface area contributed by atoms with Gasteiger partial charge in [-0.3, -0.25) is 0 Å². The summed E-state index contributed by atoms with van der Waals surface area (Å²) in [4.78, 5) is 0. The number of fused-ring (bicyclic) bond motifs is 3. The van der Waals surface area contributed by atoms with Crippen molar-refractivity contribution in [2.24, 2.45) is 17.8 Å². The lowest BCUT2D eigenvalue weighted by Crippen LogP contribution is -2.46. The fourth-order valence-corrected chi connectivity index (χ4v) is 3.78. The highest BCUT2D eigenvalue weighted by Crippen LogP contribution is 2.45. The van der Waals surface area contributed by atoms with Gasteiger partial charge in [0.25, 0.3) is 0 Å². The van der Waals surface area contributed by atoms with Gasteiger partial charge in [-0.1, -0.05) is 19.3 Å². The lowest BCUT2D eigenvalue weighted by Gasteiger charge is -2.47. The molecule has 0 spiro atoms. The highest BCUT2D eigenvalue weighted by atomic mass is 16.7. The quantitative estimate of drug-likeness (QED) is 0.593. The number of hydrogen-bond acceptors (Lipinski definition) is 2. The average molecular weight is 196 g/mol. The van der Waals surface area contributed by atoms with Crippen LogP contribution in [0.5, 0.6) is 0 Å². The molecule has 14 heavy (non-hydrogen) atoms. The smallest absolute Gasteiger partial charge is 0.147 e. The molecule has 0 radical (unpaired) electrons. The number of ether oxygens (including phenoxy) is 2. The van der Waals surface area contributed by atoms with E-state index in [1.54, 1.807) is 0 Å². The van der Waals surface area contributed by atoms with Crippen molar-refractivity contribution in [2.75, 3.05) is 13.4 Å². The van der Waals surface area contributed by atoms with Gasteiger partial charge in [0.1, 0.15) is 6.79 Å². The lowest BCUT2D eigenvalue weighted by molar-refractivity contribution is -0.203. The first-order valence-electron chi connectivity index (χ1n) is 6.14. The van der Waals surface area contributed by atoms with Crippen LogP contribution in [0.4, 0.5) is 0 Å². The van der Waals surface area contributed by atoms with E-state index in [2.05, 4.69) is 0 Å². The predicted molar refractivity (Wildman–Crippen MR) is 53.9 cm³/mol. The van der Waals surface area contributed by atoms with Crippen molar-refractivity contribution in [1.82, 2.24) is 0 Å². The molecule has 0 N–H and O–H groups in total. The van der Waals surface area contributed by atoms with Crippen LogP contribution in [0, 0.1) is 17.8 Å². The van der Waals surface area contributed by atoms with Crippen LogP contribution >= 0.6 is 0 Å². The molecule has 0 aromatic rings. The predicted octanol–water partition coefficient (Wildman–Crippen LogP) is 2.58. The maximum Gasteiger partial charge on any atom is 0.147 e. The van der Waals surface area contributed by atoms with E-state index in [-0.39, 0.29) is 0 Å². The summed E-state index contributed by atoms with van der Waals surface area (Å²) in [6.45, 7) is 1.50. The highest BCUT2D eigenvalue weighted by molar-refractivity contribution is 4.90. The van der Waals surface area contributed by atoms with Crippen LogP contribution in [0.2, 0.25) is 0 Å². The normalized spacial score (nSPS) is 48.0. The molecule has 0 aromatic carbocycles. The molecule has 3 rings (SSSR count). The summed E-state index contributed by atoms with van der Waals surface area (Å²) in [7, 11) is 0. The van der Waals surface area contributed by atoms with Gasteiger partial charge in [-0.2, -0.15) is 0 Å². The van der Waals surface area contributed by atoms with Gasteiger partial charge in [0.2, 0.25) is 0 Å². The third kappa shape index (κ3) is 1.49. The molecule has 1 saturated heterocycles. The molecule has 2 nitrogen and oxygen atoms in total. The Bertz CT molecular complexity index is 182. The Kier molecular flexibility index (Phi) is 2.50. The minimum Gasteiger partial charge on any atom is -0.355 e. The second-order valence-corrected chi connectivity index (χ2v) is 5.14. The van der Waals surface area contributed by atoms with Crippen LogP contribution in [-0.2, 0) is 9.47 Å². The Labute approximate surface area is 86.0 Å². The molecule has 4 atom stereocenters. The Morgan fingerprint density at radius 1 is 0.857 bits per heavy atom. The fraction of sp³-hybridized carbons (Fsp3) is 1.00. The van der Waals surface area contributed by atoms with E-state index in [1.165, 1.54) is 38.5 Å². The van der Waals surface area contributed by atoms with Gasteiger partial charge in [-0.05, 0) is 31.1 Å². The third-order valence-electron chi connectivity index (χ3n) is 4.49. The molecular formula is C12H20O2. The van der Waals surface area contributed by atoms with Crippen LogP contribution in [0.3, 0.4) is 0 Å². The Morgan fingerprint density at radius 3 is 2.79 bits per heavy atom. The van der Waals surface area contributed by atoms with Crippen molar-refractivity contribution in [2.45, 2.75) is 44.6 Å². The van der Waals surface area contributed by atoms with Gasteiger partial charge in [0.15, 0.2) is 0 Å². The van der Waals surface area contributed by atoms with Crippen molar-refractivity contribution >= 4 is 0 Å². The van der Waals surface area contributed by atoms with Crippen molar-refractivity contribution in [3.63, 3.8) is 0 Å². The Morgan fingerprint density at radius 2 is 1.79 bits per heavy atom. The van der Waals surface area contributed by atoms with Gasteiger partial charge in [-0.15, -0.1) is 0 Å². The zero-order valence-electron chi connectivity index (χ0n) is 8.78. The molecule has 0 bridgehead atoms. The van der Waals surface area contributed by atoms with E-state index in [0.717, 1.165) is 24.4 Å². The molecule has 2 heteroatoms. The molecule has 0 amide bonds. The maximum atomic E-state index is 5.71. The molecule has 0 aromatic heterocycles. The van der Waals surface area contributed by atoms with E-state index >= 15 is 0 Å². The summed E-state index contributed by atoms with van der Waals surface area (Å²) in [5.74, 6) is 2.64. The standard InChI is InChI=1S/C12H20O2/c1-2-4-10-9(3-1)5-6-12-11(10)7-13-8-14-12/h9-12H,1-8H2. The second kappa shape index (κ2) is 3.82. The highest BCUT2D eigenvalue weighted by Gasteiger charge is 2.42. The van der Waals surface area contributed by atoms with E-state index < -0.39 is 0 Å². The van der Waals surface area contributed by atoms with E-state index in [0.29, 0.717) is 12.9 Å². The molecule has 3 fully saturated rings. The van der Waals surface area contributed by atoms with Crippen molar-refractivity contribution < 1.29 is 9.47 Å². The zero-order chi connectivity index (χ0) is 9.38. The van der Waals surface area contributed by atoms with Gasteiger partial charge in [0, 0.05) is 5.92 Å². The zero-order valence-corrected chi connectivity index (χ0v) is 8.78.